The van der Waals surface area contributed by atoms with Gasteiger partial charge in [0.15, 0.2) is 28.8 Å². The van der Waals surface area contributed by atoms with Crippen molar-refractivity contribution in [2.75, 3.05) is 33.8 Å². The zero-order valence-corrected chi connectivity index (χ0v) is 19.0. The van der Waals surface area contributed by atoms with Gasteiger partial charge in [0, 0.05) is 6.07 Å². The number of ketones is 1. The summed E-state index contributed by atoms with van der Waals surface area (Å²) in [6, 6.07) is 4.63. The molecule has 2 aromatic rings. The second kappa shape index (κ2) is 10.8. The Bertz CT molecular complexity index is 1010. The van der Waals surface area contributed by atoms with Crippen LogP contribution in [0.15, 0.2) is 34.5 Å². The molecule has 1 N–H and O–H groups in total. The summed E-state index contributed by atoms with van der Waals surface area (Å²) in [6.07, 6.45) is 0. The van der Waals surface area contributed by atoms with E-state index in [2.05, 4.69) is 15.5 Å². The Balaban J connectivity index is 2.35. The average Bonchev–Trinajstić information content (AvgIpc) is 2.74. The fourth-order valence-corrected chi connectivity index (χ4v) is 3.09. The van der Waals surface area contributed by atoms with Gasteiger partial charge in [-0.1, -0.05) is 23.2 Å². The van der Waals surface area contributed by atoms with E-state index in [0.717, 1.165) is 0 Å². The third-order valence-corrected chi connectivity index (χ3v) is 4.68. The van der Waals surface area contributed by atoms with Crippen LogP contribution in [0, 0.1) is 0 Å². The first-order valence-electron chi connectivity index (χ1n) is 8.81. The molecule has 1 unspecified atom stereocenters. The Hall–Kier alpha value is -3.04. The van der Waals surface area contributed by atoms with Gasteiger partial charge in [-0.25, -0.2) is 0 Å². The van der Waals surface area contributed by atoms with Crippen LogP contribution in [0.4, 0.5) is 11.4 Å². The Morgan fingerprint density at radius 3 is 2.10 bits per heavy atom. The van der Waals surface area contributed by atoms with Crippen molar-refractivity contribution in [3.63, 3.8) is 0 Å². The summed E-state index contributed by atoms with van der Waals surface area (Å²) in [4.78, 5) is 24.8. The highest BCUT2D eigenvalue weighted by Crippen LogP contribution is 2.41. The van der Waals surface area contributed by atoms with Crippen molar-refractivity contribution in [3.8, 4) is 23.0 Å². The van der Waals surface area contributed by atoms with E-state index in [1.54, 1.807) is 6.07 Å². The number of hydrogen-bond donors (Lipinski definition) is 1. The van der Waals surface area contributed by atoms with Gasteiger partial charge in [0.05, 0.1) is 44.2 Å². The molecule has 0 saturated carbocycles. The predicted molar refractivity (Wildman–Crippen MR) is 117 cm³/mol. The Kier molecular flexibility index (Phi) is 8.47. The lowest BCUT2D eigenvalue weighted by Crippen LogP contribution is -2.32. The fraction of sp³-hybridized carbons (Fsp3) is 0.300. The summed E-state index contributed by atoms with van der Waals surface area (Å²) in [5.41, 5.74) is 0.405. The number of ether oxygens (including phenoxy) is 4. The van der Waals surface area contributed by atoms with E-state index in [4.69, 9.17) is 42.1 Å². The van der Waals surface area contributed by atoms with Crippen LogP contribution in [-0.4, -0.2) is 46.2 Å². The quantitative estimate of drug-likeness (QED) is 0.420. The standard InChI is InChI=1S/C20H21Cl2N3O6/c1-10(26)16(25-24-11-8-13(22)18(30-4)15(9-11)29-3)20(27)23-17-12(21)6-7-14(28-2)19(17)31-5/h6-9,16H,1-5H3,(H,23,27). The minimum absolute atomic E-state index is 0.143. The van der Waals surface area contributed by atoms with Crippen molar-refractivity contribution in [1.82, 2.24) is 0 Å². The Labute approximate surface area is 189 Å². The first kappa shape index (κ1) is 24.2. The molecular weight excluding hydrogens is 449 g/mol. The molecular formula is C20H21Cl2N3O6. The summed E-state index contributed by atoms with van der Waals surface area (Å²) in [5.74, 6) is -0.0936. The van der Waals surface area contributed by atoms with Gasteiger partial charge in [0.1, 0.15) is 5.69 Å². The number of nitrogens with zero attached hydrogens (tertiary/aromatic N) is 2. The zero-order chi connectivity index (χ0) is 23.1. The monoisotopic (exact) mass is 469 g/mol. The molecule has 0 saturated heterocycles. The van der Waals surface area contributed by atoms with Crippen molar-refractivity contribution in [2.24, 2.45) is 10.2 Å². The van der Waals surface area contributed by atoms with Gasteiger partial charge in [-0.2, -0.15) is 10.2 Å². The second-order valence-corrected chi connectivity index (χ2v) is 6.85. The van der Waals surface area contributed by atoms with Crippen molar-refractivity contribution in [3.05, 3.63) is 34.3 Å². The van der Waals surface area contributed by atoms with E-state index in [1.807, 2.05) is 0 Å². The SMILES string of the molecule is COc1cc(N=NC(C(C)=O)C(=O)Nc2c(Cl)ccc(OC)c2OC)cc(Cl)c1OC. The van der Waals surface area contributed by atoms with Crippen LogP contribution < -0.4 is 24.3 Å². The summed E-state index contributed by atoms with van der Waals surface area (Å²) < 4.78 is 20.8. The van der Waals surface area contributed by atoms with Gasteiger partial charge >= 0.3 is 0 Å². The Morgan fingerprint density at radius 2 is 1.55 bits per heavy atom. The normalized spacial score (nSPS) is 11.7. The third kappa shape index (κ3) is 5.56. The van der Waals surface area contributed by atoms with Crippen LogP contribution in [0.25, 0.3) is 0 Å². The number of hydrogen-bond acceptors (Lipinski definition) is 8. The first-order valence-corrected chi connectivity index (χ1v) is 9.57. The summed E-state index contributed by atoms with van der Waals surface area (Å²) in [7, 11) is 5.72. The lowest BCUT2D eigenvalue weighted by molar-refractivity contribution is -0.126. The van der Waals surface area contributed by atoms with Crippen LogP contribution in [0.3, 0.4) is 0 Å². The molecule has 0 bridgehead atoms. The van der Waals surface area contributed by atoms with Crippen molar-refractivity contribution >= 4 is 46.3 Å². The van der Waals surface area contributed by atoms with E-state index in [1.165, 1.54) is 53.6 Å². The summed E-state index contributed by atoms with van der Waals surface area (Å²) in [5, 5.41) is 10.8. The molecule has 1 atom stereocenters. The maximum Gasteiger partial charge on any atom is 0.258 e. The van der Waals surface area contributed by atoms with Gasteiger partial charge < -0.3 is 24.3 Å². The van der Waals surface area contributed by atoms with Gasteiger partial charge in [-0.15, -0.1) is 0 Å². The smallest absolute Gasteiger partial charge is 0.258 e. The van der Waals surface area contributed by atoms with Gasteiger partial charge in [0.2, 0.25) is 6.04 Å². The minimum atomic E-state index is -1.45. The van der Waals surface area contributed by atoms with E-state index in [9.17, 15) is 9.59 Å². The number of azo groups is 1. The van der Waals surface area contributed by atoms with Gasteiger partial charge in [-0.3, -0.25) is 9.59 Å². The van der Waals surface area contributed by atoms with Crippen LogP contribution in [-0.2, 0) is 9.59 Å². The molecule has 166 valence electrons. The van der Waals surface area contributed by atoms with Crippen molar-refractivity contribution in [1.29, 1.82) is 0 Å². The van der Waals surface area contributed by atoms with Crippen LogP contribution in [0.2, 0.25) is 10.0 Å². The molecule has 11 heteroatoms. The largest absolute Gasteiger partial charge is 0.493 e. The molecule has 0 aliphatic rings. The minimum Gasteiger partial charge on any atom is -0.493 e. The molecule has 0 heterocycles. The van der Waals surface area contributed by atoms with Crippen molar-refractivity contribution < 1.29 is 28.5 Å². The predicted octanol–water partition coefficient (Wildman–Crippen LogP) is 4.71. The molecule has 9 nitrogen and oxygen atoms in total. The van der Waals surface area contributed by atoms with E-state index >= 15 is 0 Å². The van der Waals surface area contributed by atoms with Crippen LogP contribution in [0.5, 0.6) is 23.0 Å². The second-order valence-electron chi connectivity index (χ2n) is 6.04. The molecule has 0 spiro atoms. The maximum atomic E-state index is 12.8. The molecule has 0 aliphatic heterocycles. The molecule has 2 rings (SSSR count). The topological polar surface area (TPSA) is 108 Å². The third-order valence-electron chi connectivity index (χ3n) is 4.08. The number of anilines is 1. The number of halogens is 2. The van der Waals surface area contributed by atoms with E-state index in [-0.39, 0.29) is 27.2 Å². The lowest BCUT2D eigenvalue weighted by Gasteiger charge is -2.16. The highest BCUT2D eigenvalue weighted by atomic mass is 35.5. The molecule has 0 radical (unpaired) electrons. The molecule has 0 aromatic heterocycles. The number of amides is 1. The van der Waals surface area contributed by atoms with Gasteiger partial charge in [0.25, 0.3) is 5.91 Å². The summed E-state index contributed by atoms with van der Waals surface area (Å²) in [6.45, 7) is 1.22. The number of Topliss-reactive ketones (excluding diaryl/α,β-unsaturated/α-hetero) is 1. The number of carbonyl (C=O) groups excluding carboxylic acids is 2. The lowest BCUT2D eigenvalue weighted by atomic mass is 10.2. The molecule has 31 heavy (non-hydrogen) atoms. The highest BCUT2D eigenvalue weighted by molar-refractivity contribution is 6.34. The maximum absolute atomic E-state index is 12.8. The number of rotatable bonds is 9. The number of benzene rings is 2. The van der Waals surface area contributed by atoms with Crippen molar-refractivity contribution in [2.45, 2.75) is 13.0 Å². The first-order chi connectivity index (χ1) is 14.8. The van der Waals surface area contributed by atoms with E-state index < -0.39 is 17.7 Å². The highest BCUT2D eigenvalue weighted by Gasteiger charge is 2.26. The van der Waals surface area contributed by atoms with Crippen LogP contribution in [0.1, 0.15) is 6.92 Å². The molecule has 2 aromatic carbocycles. The number of carbonyl (C=O) groups is 2. The Morgan fingerprint density at radius 1 is 0.903 bits per heavy atom. The average molecular weight is 470 g/mol. The fourth-order valence-electron chi connectivity index (χ4n) is 2.62. The number of methoxy groups -OCH3 is 4. The summed E-state index contributed by atoms with van der Waals surface area (Å²) >= 11 is 12.3. The molecule has 0 fully saturated rings. The van der Waals surface area contributed by atoms with Crippen LogP contribution >= 0.6 is 23.2 Å². The van der Waals surface area contributed by atoms with Gasteiger partial charge in [-0.05, 0) is 25.1 Å². The number of nitrogens with one attached hydrogen (secondary N) is 1. The van der Waals surface area contributed by atoms with E-state index in [0.29, 0.717) is 17.2 Å². The molecule has 0 aliphatic carbocycles. The zero-order valence-electron chi connectivity index (χ0n) is 17.5. The molecule has 1 amide bonds.